The number of carbonyl (C=O) groups is 1. The van der Waals surface area contributed by atoms with Crippen LogP contribution >= 0.6 is 0 Å². The van der Waals surface area contributed by atoms with Gasteiger partial charge in [0.1, 0.15) is 5.82 Å². The van der Waals surface area contributed by atoms with E-state index in [-0.39, 0.29) is 6.54 Å². The largest absolute Gasteiger partial charge is 0.480 e. The predicted octanol–water partition coefficient (Wildman–Crippen LogP) is 0.468. The summed E-state index contributed by atoms with van der Waals surface area (Å²) in [5, 5.41) is 17.7. The average Bonchev–Trinajstić information content (AvgIpc) is 2.38. The summed E-state index contributed by atoms with van der Waals surface area (Å²) in [6.07, 6.45) is 0. The van der Waals surface area contributed by atoms with E-state index in [9.17, 15) is 4.79 Å². The SMILES string of the molecule is Cc1cc(C#N)cc(N2CCN(CC(=O)O)CC2)n1. The summed E-state index contributed by atoms with van der Waals surface area (Å²) in [6.45, 7) is 4.81. The van der Waals surface area contributed by atoms with Crippen LogP contribution in [0.1, 0.15) is 11.3 Å². The number of pyridine rings is 1. The Labute approximate surface area is 111 Å². The van der Waals surface area contributed by atoms with Crippen molar-refractivity contribution in [3.8, 4) is 6.07 Å². The molecule has 1 aliphatic rings. The summed E-state index contributed by atoms with van der Waals surface area (Å²) in [6, 6.07) is 5.66. The third-order valence-corrected chi connectivity index (χ3v) is 3.12. The molecule has 0 amide bonds. The van der Waals surface area contributed by atoms with Gasteiger partial charge in [0.25, 0.3) is 0 Å². The number of carboxylic acid groups (broad SMARTS) is 1. The Morgan fingerprint density at radius 2 is 2.11 bits per heavy atom. The van der Waals surface area contributed by atoms with Crippen LogP contribution in [0.25, 0.3) is 0 Å². The Morgan fingerprint density at radius 3 is 2.68 bits per heavy atom. The Kier molecular flexibility index (Phi) is 3.97. The molecular weight excluding hydrogens is 244 g/mol. The van der Waals surface area contributed by atoms with Gasteiger partial charge in [-0.1, -0.05) is 0 Å². The second kappa shape index (κ2) is 5.67. The van der Waals surface area contributed by atoms with Crippen molar-refractivity contribution in [1.29, 1.82) is 5.26 Å². The van der Waals surface area contributed by atoms with Crippen molar-refractivity contribution in [3.05, 3.63) is 23.4 Å². The number of nitriles is 1. The molecule has 1 N–H and O–H groups in total. The molecule has 6 nitrogen and oxygen atoms in total. The van der Waals surface area contributed by atoms with Gasteiger partial charge in [0.15, 0.2) is 0 Å². The van der Waals surface area contributed by atoms with Crippen LogP contribution in [-0.2, 0) is 4.79 Å². The molecule has 2 heterocycles. The molecule has 1 aromatic rings. The first-order valence-corrected chi connectivity index (χ1v) is 6.16. The Morgan fingerprint density at radius 1 is 1.42 bits per heavy atom. The topological polar surface area (TPSA) is 80.5 Å². The number of nitrogens with zero attached hydrogens (tertiary/aromatic N) is 4. The molecule has 1 aliphatic heterocycles. The van der Waals surface area contributed by atoms with Gasteiger partial charge in [0.2, 0.25) is 0 Å². The minimum Gasteiger partial charge on any atom is -0.480 e. The molecule has 0 saturated carbocycles. The third-order valence-electron chi connectivity index (χ3n) is 3.12. The van der Waals surface area contributed by atoms with E-state index in [4.69, 9.17) is 10.4 Å². The summed E-state index contributed by atoms with van der Waals surface area (Å²) < 4.78 is 0. The molecule has 0 aliphatic carbocycles. The lowest BCUT2D eigenvalue weighted by Gasteiger charge is -2.34. The number of aromatic nitrogens is 1. The Balaban J connectivity index is 2.03. The quantitative estimate of drug-likeness (QED) is 0.850. The van der Waals surface area contributed by atoms with Gasteiger partial charge in [-0.25, -0.2) is 4.98 Å². The van der Waals surface area contributed by atoms with Gasteiger partial charge >= 0.3 is 5.97 Å². The van der Waals surface area contributed by atoms with Crippen LogP contribution in [0.4, 0.5) is 5.82 Å². The number of rotatable bonds is 3. The molecule has 0 spiro atoms. The highest BCUT2D eigenvalue weighted by molar-refractivity contribution is 5.69. The maximum Gasteiger partial charge on any atom is 0.317 e. The van der Waals surface area contributed by atoms with Crippen molar-refractivity contribution in [3.63, 3.8) is 0 Å². The number of hydrogen-bond donors (Lipinski definition) is 1. The summed E-state index contributed by atoms with van der Waals surface area (Å²) in [7, 11) is 0. The van der Waals surface area contributed by atoms with E-state index in [2.05, 4.69) is 16.0 Å². The van der Waals surface area contributed by atoms with Crippen molar-refractivity contribution in [2.24, 2.45) is 0 Å². The number of aliphatic carboxylic acids is 1. The van der Waals surface area contributed by atoms with Gasteiger partial charge in [0.05, 0.1) is 18.2 Å². The molecular formula is C13H16N4O2. The third kappa shape index (κ3) is 3.42. The van der Waals surface area contributed by atoms with Crippen molar-refractivity contribution in [2.45, 2.75) is 6.92 Å². The van der Waals surface area contributed by atoms with Crippen molar-refractivity contribution < 1.29 is 9.90 Å². The second-order valence-corrected chi connectivity index (χ2v) is 4.62. The zero-order valence-electron chi connectivity index (χ0n) is 10.8. The van der Waals surface area contributed by atoms with Crippen molar-refractivity contribution in [2.75, 3.05) is 37.6 Å². The van der Waals surface area contributed by atoms with E-state index in [0.29, 0.717) is 18.7 Å². The molecule has 0 aromatic carbocycles. The standard InChI is InChI=1S/C13H16N4O2/c1-10-6-11(8-14)7-12(15-10)17-4-2-16(3-5-17)9-13(18)19/h6-7H,2-5,9H2,1H3,(H,18,19). The van der Waals surface area contributed by atoms with Gasteiger partial charge < -0.3 is 10.0 Å². The van der Waals surface area contributed by atoms with E-state index < -0.39 is 5.97 Å². The van der Waals surface area contributed by atoms with Gasteiger partial charge in [-0.3, -0.25) is 9.69 Å². The summed E-state index contributed by atoms with van der Waals surface area (Å²) >= 11 is 0. The Hall–Kier alpha value is -2.13. The van der Waals surface area contributed by atoms with Crippen LogP contribution in [-0.4, -0.2) is 53.7 Å². The molecule has 19 heavy (non-hydrogen) atoms. The van der Waals surface area contributed by atoms with E-state index in [1.165, 1.54) is 0 Å². The number of piperazine rings is 1. The molecule has 0 radical (unpaired) electrons. The normalized spacial score (nSPS) is 16.1. The fourth-order valence-electron chi connectivity index (χ4n) is 2.20. The lowest BCUT2D eigenvalue weighted by Crippen LogP contribution is -2.48. The second-order valence-electron chi connectivity index (χ2n) is 4.62. The van der Waals surface area contributed by atoms with Crippen molar-refractivity contribution in [1.82, 2.24) is 9.88 Å². The number of anilines is 1. The number of aryl methyl sites for hydroxylation is 1. The first-order valence-electron chi connectivity index (χ1n) is 6.16. The first kappa shape index (κ1) is 13.3. The van der Waals surface area contributed by atoms with Crippen LogP contribution in [0.5, 0.6) is 0 Å². The minimum absolute atomic E-state index is 0.0819. The average molecular weight is 260 g/mol. The van der Waals surface area contributed by atoms with E-state index in [1.54, 1.807) is 12.1 Å². The lowest BCUT2D eigenvalue weighted by molar-refractivity contribution is -0.138. The zero-order chi connectivity index (χ0) is 13.8. The first-order chi connectivity index (χ1) is 9.08. The lowest BCUT2D eigenvalue weighted by atomic mass is 10.2. The van der Waals surface area contributed by atoms with Crippen LogP contribution in [0.2, 0.25) is 0 Å². The summed E-state index contributed by atoms with van der Waals surface area (Å²) in [4.78, 5) is 19.1. The predicted molar refractivity (Wildman–Crippen MR) is 70.0 cm³/mol. The van der Waals surface area contributed by atoms with Gasteiger partial charge in [-0.15, -0.1) is 0 Å². The highest BCUT2D eigenvalue weighted by Gasteiger charge is 2.19. The van der Waals surface area contributed by atoms with Gasteiger partial charge in [-0.05, 0) is 19.1 Å². The molecule has 6 heteroatoms. The molecule has 1 saturated heterocycles. The zero-order valence-corrected chi connectivity index (χ0v) is 10.8. The summed E-state index contributed by atoms with van der Waals surface area (Å²) in [5.41, 5.74) is 1.43. The molecule has 0 unspecified atom stereocenters. The van der Waals surface area contributed by atoms with E-state index >= 15 is 0 Å². The Bertz CT molecular complexity index is 516. The maximum absolute atomic E-state index is 10.6. The molecule has 2 rings (SSSR count). The number of carboxylic acids is 1. The van der Waals surface area contributed by atoms with Crippen LogP contribution in [0, 0.1) is 18.3 Å². The molecule has 0 atom stereocenters. The van der Waals surface area contributed by atoms with Gasteiger partial charge in [0, 0.05) is 31.9 Å². The molecule has 1 fully saturated rings. The molecule has 0 bridgehead atoms. The minimum atomic E-state index is -0.797. The fourth-order valence-corrected chi connectivity index (χ4v) is 2.20. The highest BCUT2D eigenvalue weighted by Crippen LogP contribution is 2.16. The van der Waals surface area contributed by atoms with E-state index in [0.717, 1.165) is 24.6 Å². The van der Waals surface area contributed by atoms with Crippen molar-refractivity contribution >= 4 is 11.8 Å². The van der Waals surface area contributed by atoms with Crippen LogP contribution in [0.3, 0.4) is 0 Å². The molecule has 100 valence electrons. The van der Waals surface area contributed by atoms with E-state index in [1.807, 2.05) is 11.8 Å². The van der Waals surface area contributed by atoms with Gasteiger partial charge in [-0.2, -0.15) is 5.26 Å². The monoisotopic (exact) mass is 260 g/mol. The fraction of sp³-hybridized carbons (Fsp3) is 0.462. The van der Waals surface area contributed by atoms with Crippen LogP contribution < -0.4 is 4.90 Å². The maximum atomic E-state index is 10.6. The number of hydrogen-bond acceptors (Lipinski definition) is 5. The smallest absolute Gasteiger partial charge is 0.317 e. The summed E-state index contributed by atoms with van der Waals surface area (Å²) in [5.74, 6) is 0.000391. The van der Waals surface area contributed by atoms with Crippen LogP contribution in [0.15, 0.2) is 12.1 Å². The molecule has 1 aromatic heterocycles. The highest BCUT2D eigenvalue weighted by atomic mass is 16.4.